The number of aryl methyl sites for hydroxylation is 2. The summed E-state index contributed by atoms with van der Waals surface area (Å²) >= 11 is 11.1. The first-order chi connectivity index (χ1) is 15.6. The monoisotopic (exact) mass is 481 g/mol. The van der Waals surface area contributed by atoms with E-state index in [-0.39, 0.29) is 27.2 Å². The fraction of sp³-hybridized carbons (Fsp3) is 0.0870. The highest BCUT2D eigenvalue weighted by molar-refractivity contribution is 7.80. The highest BCUT2D eigenvalue weighted by Crippen LogP contribution is 2.32. The molecule has 2 amide bonds. The number of nitro benzene ring substituents is 1. The maximum atomic E-state index is 13.2. The van der Waals surface area contributed by atoms with Crippen LogP contribution < -0.4 is 10.2 Å². The van der Waals surface area contributed by atoms with Gasteiger partial charge in [-0.15, -0.1) is 0 Å². The van der Waals surface area contributed by atoms with E-state index < -0.39 is 16.7 Å². The number of benzene rings is 2. The molecule has 8 nitrogen and oxygen atoms in total. The van der Waals surface area contributed by atoms with Crippen LogP contribution in [0.15, 0.2) is 58.5 Å². The Kier molecular flexibility index (Phi) is 5.84. The van der Waals surface area contributed by atoms with Crippen LogP contribution in [0.2, 0.25) is 5.02 Å². The number of hydrogen-bond acceptors (Lipinski definition) is 6. The summed E-state index contributed by atoms with van der Waals surface area (Å²) in [5, 5.41) is 13.7. The Morgan fingerprint density at radius 1 is 1.09 bits per heavy atom. The van der Waals surface area contributed by atoms with Gasteiger partial charge in [0.15, 0.2) is 5.11 Å². The van der Waals surface area contributed by atoms with Crippen molar-refractivity contribution in [1.82, 2.24) is 5.32 Å². The molecule has 0 radical (unpaired) electrons. The van der Waals surface area contributed by atoms with E-state index in [1.807, 2.05) is 19.9 Å². The van der Waals surface area contributed by atoms with Crippen molar-refractivity contribution in [2.24, 2.45) is 0 Å². The Balaban J connectivity index is 1.69. The van der Waals surface area contributed by atoms with E-state index in [2.05, 4.69) is 5.32 Å². The molecular formula is C23H16ClN3O5S. The van der Waals surface area contributed by atoms with E-state index in [9.17, 15) is 19.7 Å². The molecule has 1 saturated heterocycles. The van der Waals surface area contributed by atoms with Crippen molar-refractivity contribution in [3.05, 3.63) is 86.1 Å². The first-order valence-corrected chi connectivity index (χ1v) is 10.5. The second-order valence-corrected chi connectivity index (χ2v) is 8.22. The zero-order valence-corrected chi connectivity index (χ0v) is 19.0. The van der Waals surface area contributed by atoms with E-state index in [1.165, 1.54) is 23.1 Å². The second-order valence-electron chi connectivity index (χ2n) is 7.43. The number of hydrogen-bond donors (Lipinski definition) is 1. The summed E-state index contributed by atoms with van der Waals surface area (Å²) in [5.74, 6) is -0.708. The third-order valence-corrected chi connectivity index (χ3v) is 5.51. The molecule has 10 heteroatoms. The van der Waals surface area contributed by atoms with Gasteiger partial charge in [-0.3, -0.25) is 29.9 Å². The lowest BCUT2D eigenvalue weighted by atomic mass is 10.1. The third-order valence-electron chi connectivity index (χ3n) is 4.91. The zero-order chi connectivity index (χ0) is 23.9. The molecule has 1 aliphatic rings. The number of nitro groups is 1. The predicted octanol–water partition coefficient (Wildman–Crippen LogP) is 4.96. The van der Waals surface area contributed by atoms with Crippen molar-refractivity contribution >= 4 is 58.2 Å². The van der Waals surface area contributed by atoms with Gasteiger partial charge in [0.2, 0.25) is 0 Å². The standard InChI is InChI=1S/C23H16ClN3O5S/c1-12-7-13(2)9-15(8-12)26-22(29)17(21(28)25-23(26)33)11-16-4-6-20(32-16)14-3-5-18(24)19(10-14)27(30)31/h3-11H,1-2H3,(H,25,28,33)/b17-11-. The number of thiocarbonyl (C=S) groups is 1. The van der Waals surface area contributed by atoms with Crippen molar-refractivity contribution in [1.29, 1.82) is 0 Å². The van der Waals surface area contributed by atoms with Gasteiger partial charge in [0.1, 0.15) is 22.1 Å². The minimum atomic E-state index is -0.647. The number of nitrogens with one attached hydrogen (secondary N) is 1. The maximum Gasteiger partial charge on any atom is 0.288 e. The van der Waals surface area contributed by atoms with Gasteiger partial charge in [-0.1, -0.05) is 17.7 Å². The molecule has 0 bridgehead atoms. The summed E-state index contributed by atoms with van der Waals surface area (Å²) < 4.78 is 5.72. The number of carbonyl (C=O) groups is 2. The minimum Gasteiger partial charge on any atom is -0.457 e. The molecule has 0 unspecified atom stereocenters. The van der Waals surface area contributed by atoms with Gasteiger partial charge >= 0.3 is 0 Å². The number of carbonyl (C=O) groups excluding carboxylic acids is 2. The van der Waals surface area contributed by atoms with Gasteiger partial charge in [-0.05, 0) is 79.7 Å². The molecule has 0 aliphatic carbocycles. The highest BCUT2D eigenvalue weighted by Gasteiger charge is 2.35. The molecule has 0 saturated carbocycles. The summed E-state index contributed by atoms with van der Waals surface area (Å²) in [6.45, 7) is 3.80. The Hall–Kier alpha value is -3.82. The fourth-order valence-electron chi connectivity index (χ4n) is 3.51. The predicted molar refractivity (Wildman–Crippen MR) is 128 cm³/mol. The van der Waals surface area contributed by atoms with Gasteiger partial charge < -0.3 is 4.42 Å². The highest BCUT2D eigenvalue weighted by atomic mass is 35.5. The molecule has 1 N–H and O–H groups in total. The topological polar surface area (TPSA) is 106 Å². The number of halogens is 1. The minimum absolute atomic E-state index is 0.00423. The van der Waals surface area contributed by atoms with Gasteiger partial charge in [-0.25, -0.2) is 0 Å². The lowest BCUT2D eigenvalue weighted by Crippen LogP contribution is -2.54. The van der Waals surface area contributed by atoms with Crippen molar-refractivity contribution in [2.45, 2.75) is 13.8 Å². The quantitative estimate of drug-likeness (QED) is 0.186. The summed E-state index contributed by atoms with van der Waals surface area (Å²) in [6.07, 6.45) is 1.31. The SMILES string of the molecule is Cc1cc(C)cc(N2C(=O)/C(=C\c3ccc(-c4ccc(Cl)c([N+](=O)[O-])c4)o3)C(=O)NC2=S)c1. The number of amides is 2. The fourth-order valence-corrected chi connectivity index (χ4v) is 3.97. The lowest BCUT2D eigenvalue weighted by Gasteiger charge is -2.29. The molecule has 0 atom stereocenters. The van der Waals surface area contributed by atoms with Gasteiger partial charge in [0, 0.05) is 11.6 Å². The number of furan rings is 1. The van der Waals surface area contributed by atoms with Crippen LogP contribution in [-0.2, 0) is 9.59 Å². The van der Waals surface area contributed by atoms with Crippen molar-refractivity contribution in [2.75, 3.05) is 4.90 Å². The molecule has 1 fully saturated rings. The van der Waals surface area contributed by atoms with E-state index in [0.29, 0.717) is 17.0 Å². The average molecular weight is 482 g/mol. The first kappa shape index (κ1) is 22.4. The van der Waals surface area contributed by atoms with Gasteiger partial charge in [0.05, 0.1) is 10.6 Å². The van der Waals surface area contributed by atoms with Crippen LogP contribution in [0.4, 0.5) is 11.4 Å². The molecule has 0 spiro atoms. The molecular weight excluding hydrogens is 466 g/mol. The van der Waals surface area contributed by atoms with Crippen LogP contribution in [0.3, 0.4) is 0 Å². The molecule has 4 rings (SSSR count). The summed E-state index contributed by atoms with van der Waals surface area (Å²) in [6, 6.07) is 12.9. The Bertz CT molecular complexity index is 1360. The molecule has 1 aromatic heterocycles. The molecule has 3 aromatic rings. The first-order valence-electron chi connectivity index (χ1n) is 9.68. The van der Waals surface area contributed by atoms with E-state index >= 15 is 0 Å². The van der Waals surface area contributed by atoms with Crippen molar-refractivity contribution in [3.63, 3.8) is 0 Å². The normalized spacial score (nSPS) is 15.2. The smallest absolute Gasteiger partial charge is 0.288 e. The average Bonchev–Trinajstić information content (AvgIpc) is 3.19. The Morgan fingerprint density at radius 2 is 1.79 bits per heavy atom. The van der Waals surface area contributed by atoms with Crippen LogP contribution in [0, 0.1) is 24.0 Å². The lowest BCUT2D eigenvalue weighted by molar-refractivity contribution is -0.384. The van der Waals surface area contributed by atoms with E-state index in [4.69, 9.17) is 28.2 Å². The molecule has 2 heterocycles. The van der Waals surface area contributed by atoms with Crippen LogP contribution >= 0.6 is 23.8 Å². The summed E-state index contributed by atoms with van der Waals surface area (Å²) in [5.41, 5.74) is 2.43. The van der Waals surface area contributed by atoms with Gasteiger partial charge in [-0.2, -0.15) is 0 Å². The van der Waals surface area contributed by atoms with Crippen LogP contribution in [0.25, 0.3) is 17.4 Å². The number of nitrogens with zero attached hydrogens (tertiary/aromatic N) is 2. The van der Waals surface area contributed by atoms with Crippen LogP contribution in [0.1, 0.15) is 16.9 Å². The van der Waals surface area contributed by atoms with Crippen LogP contribution in [-0.4, -0.2) is 21.9 Å². The van der Waals surface area contributed by atoms with Crippen molar-refractivity contribution < 1.29 is 18.9 Å². The van der Waals surface area contributed by atoms with E-state index in [0.717, 1.165) is 11.1 Å². The number of anilines is 1. The molecule has 2 aromatic carbocycles. The summed E-state index contributed by atoms with van der Waals surface area (Å²) in [4.78, 5) is 37.5. The van der Waals surface area contributed by atoms with Gasteiger partial charge in [0.25, 0.3) is 17.5 Å². The summed E-state index contributed by atoms with van der Waals surface area (Å²) in [7, 11) is 0. The molecule has 33 heavy (non-hydrogen) atoms. The third kappa shape index (κ3) is 4.41. The Labute approximate surface area is 198 Å². The Morgan fingerprint density at radius 3 is 2.45 bits per heavy atom. The largest absolute Gasteiger partial charge is 0.457 e. The molecule has 1 aliphatic heterocycles. The van der Waals surface area contributed by atoms with E-state index in [1.54, 1.807) is 30.3 Å². The van der Waals surface area contributed by atoms with Crippen molar-refractivity contribution in [3.8, 4) is 11.3 Å². The number of rotatable bonds is 4. The second kappa shape index (κ2) is 8.61. The van der Waals surface area contributed by atoms with Crippen LogP contribution in [0.5, 0.6) is 0 Å². The molecule has 166 valence electrons. The maximum absolute atomic E-state index is 13.2. The zero-order valence-electron chi connectivity index (χ0n) is 17.4.